The van der Waals surface area contributed by atoms with E-state index >= 15 is 0 Å². The molecule has 7 rings (SSSR count). The van der Waals surface area contributed by atoms with E-state index in [-0.39, 0.29) is 11.9 Å². The van der Waals surface area contributed by atoms with Crippen molar-refractivity contribution in [1.82, 2.24) is 40.1 Å². The number of pyridine rings is 6. The highest BCUT2D eigenvalue weighted by atomic mass is 79.9. The van der Waals surface area contributed by atoms with E-state index in [1.165, 1.54) is 33.3 Å². The molecule has 13 nitrogen and oxygen atoms in total. The summed E-state index contributed by atoms with van der Waals surface area (Å²) in [6, 6.07) is 30.6. The van der Waals surface area contributed by atoms with Crippen LogP contribution < -0.4 is 5.32 Å². The first-order valence-electron chi connectivity index (χ1n) is 18.7. The molecule has 0 bridgehead atoms. The molecule has 1 saturated heterocycles. The average Bonchev–Trinajstić information content (AvgIpc) is 3.89. The van der Waals surface area contributed by atoms with Gasteiger partial charge in [0.2, 0.25) is 0 Å². The number of esters is 2. The van der Waals surface area contributed by atoms with Gasteiger partial charge >= 0.3 is 11.9 Å². The lowest BCUT2D eigenvalue weighted by atomic mass is 10.2. The van der Waals surface area contributed by atoms with Crippen LogP contribution in [0.25, 0.3) is 0 Å². The number of carbonyl (C=O) groups excluding carboxylic acids is 2. The van der Waals surface area contributed by atoms with Crippen LogP contribution in [0.5, 0.6) is 0 Å². The van der Waals surface area contributed by atoms with Crippen LogP contribution in [0.15, 0.2) is 134 Å². The van der Waals surface area contributed by atoms with Crippen LogP contribution in [0.4, 0.5) is 0 Å². The summed E-state index contributed by atoms with van der Waals surface area (Å²) in [5, 5.41) is 3.98. The van der Waals surface area contributed by atoms with Crippen molar-refractivity contribution < 1.29 is 23.8 Å². The summed E-state index contributed by atoms with van der Waals surface area (Å²) in [6.45, 7) is 5.53. The van der Waals surface area contributed by atoms with Crippen LogP contribution in [0.3, 0.4) is 0 Å². The molecule has 0 amide bonds. The van der Waals surface area contributed by atoms with Gasteiger partial charge in [-0.05, 0) is 85.6 Å². The van der Waals surface area contributed by atoms with Gasteiger partial charge in [-0.3, -0.25) is 34.8 Å². The Bertz CT molecular complexity index is 1910. The quantitative estimate of drug-likeness (QED) is 0.0923. The van der Waals surface area contributed by atoms with Gasteiger partial charge in [-0.25, -0.2) is 9.59 Å². The minimum Gasteiger partial charge on any atom is -0.465 e. The first kappa shape index (κ1) is 44.9. The molecular weight excluding hydrogens is 800 g/mol. The Hall–Kier alpha value is -5.80. The Morgan fingerprint density at radius 1 is 0.569 bits per heavy atom. The van der Waals surface area contributed by atoms with E-state index in [1.807, 2.05) is 78.9 Å². The van der Waals surface area contributed by atoms with Crippen LogP contribution in [-0.2, 0) is 52.3 Å². The van der Waals surface area contributed by atoms with Crippen LogP contribution in [-0.4, -0.2) is 74.2 Å². The minimum atomic E-state index is -0.386. The largest absolute Gasteiger partial charge is 0.465 e. The smallest absolute Gasteiger partial charge is 0.339 e. The van der Waals surface area contributed by atoms with E-state index in [0.29, 0.717) is 36.1 Å². The number of aromatic nitrogens is 6. The zero-order valence-electron chi connectivity index (χ0n) is 32.8. The van der Waals surface area contributed by atoms with Gasteiger partial charge in [0.25, 0.3) is 0 Å². The molecule has 302 valence electrons. The van der Waals surface area contributed by atoms with E-state index in [1.54, 1.807) is 49.2 Å². The highest BCUT2D eigenvalue weighted by Crippen LogP contribution is 2.12. The molecule has 0 atom stereocenters. The molecule has 0 aliphatic carbocycles. The lowest BCUT2D eigenvalue weighted by Crippen LogP contribution is -2.24. The first-order valence-corrected chi connectivity index (χ1v) is 19.8. The lowest BCUT2D eigenvalue weighted by Gasteiger charge is -2.21. The fraction of sp³-hybridized carbons (Fsp3) is 0.273. The molecule has 0 radical (unpaired) electrons. The van der Waals surface area contributed by atoms with E-state index in [9.17, 15) is 9.59 Å². The number of nitrogens with zero attached hydrogens (tertiary/aromatic N) is 7. The Labute approximate surface area is 348 Å². The van der Waals surface area contributed by atoms with Crippen molar-refractivity contribution in [3.05, 3.63) is 180 Å². The third-order valence-corrected chi connectivity index (χ3v) is 8.70. The van der Waals surface area contributed by atoms with E-state index < -0.39 is 0 Å². The predicted octanol–water partition coefficient (Wildman–Crippen LogP) is 7.19. The van der Waals surface area contributed by atoms with Gasteiger partial charge in [-0.15, -0.1) is 0 Å². The molecule has 14 heteroatoms. The van der Waals surface area contributed by atoms with Crippen molar-refractivity contribution in [1.29, 1.82) is 0 Å². The van der Waals surface area contributed by atoms with Crippen molar-refractivity contribution in [2.24, 2.45) is 0 Å². The average molecular weight is 850 g/mol. The predicted molar refractivity (Wildman–Crippen MR) is 224 cm³/mol. The van der Waals surface area contributed by atoms with Crippen LogP contribution >= 0.6 is 15.9 Å². The van der Waals surface area contributed by atoms with Gasteiger partial charge in [-0.1, -0.05) is 40.2 Å². The van der Waals surface area contributed by atoms with Crippen LogP contribution in [0.2, 0.25) is 0 Å². The molecule has 1 N–H and O–H groups in total. The Morgan fingerprint density at radius 3 is 1.28 bits per heavy atom. The normalized spacial score (nSPS) is 11.4. The lowest BCUT2D eigenvalue weighted by molar-refractivity contribution is 0.0591. The number of hydrogen-bond donors (Lipinski definition) is 1. The molecule has 7 heterocycles. The number of halogens is 1. The molecule has 1 aliphatic rings. The molecular formula is C44H49BrN8O5. The van der Waals surface area contributed by atoms with Crippen molar-refractivity contribution in [2.75, 3.05) is 27.4 Å². The standard InChI is InChI=1S/C20H20N4O2.C12H13N3.C8H8BrNO2.C4H8O/c1-26-20(25)16-8-9-19(23-12-16)15-24(13-17-6-2-4-10-21-17)14-18-7-3-5-11-22-18;1-3-7-14-11(5-1)9-13-10-12-6-2-4-8-15-12;1-12-8(11)6-2-3-7(4-9)10-5-6;1-2-4-5-3-1/h2-12H,13-15H2,1H3;1-8,13H,9-10H2;2-3,5H,4H2,1H3;1-4H2. The summed E-state index contributed by atoms with van der Waals surface area (Å²) < 4.78 is 14.2. The Morgan fingerprint density at radius 2 is 0.966 bits per heavy atom. The number of nitrogens with one attached hydrogen (secondary N) is 1. The maximum Gasteiger partial charge on any atom is 0.339 e. The third kappa shape index (κ3) is 17.6. The molecule has 0 aromatic carbocycles. The summed E-state index contributed by atoms with van der Waals surface area (Å²) in [5.74, 6) is -0.744. The second kappa shape index (κ2) is 26.9. The van der Waals surface area contributed by atoms with Gasteiger partial charge in [0, 0.05) is 88.4 Å². The van der Waals surface area contributed by atoms with Gasteiger partial charge in [0.05, 0.1) is 59.5 Å². The molecule has 6 aromatic rings. The van der Waals surface area contributed by atoms with E-state index in [2.05, 4.69) is 60.8 Å². The van der Waals surface area contributed by atoms with Crippen molar-refractivity contribution in [2.45, 2.75) is 50.9 Å². The number of alkyl halides is 1. The molecule has 6 aromatic heterocycles. The molecule has 58 heavy (non-hydrogen) atoms. The molecule has 1 aliphatic heterocycles. The van der Waals surface area contributed by atoms with E-state index in [0.717, 1.165) is 60.5 Å². The zero-order valence-corrected chi connectivity index (χ0v) is 34.4. The Kier molecular flexibility index (Phi) is 20.9. The monoisotopic (exact) mass is 848 g/mol. The maximum absolute atomic E-state index is 11.5. The van der Waals surface area contributed by atoms with Crippen molar-refractivity contribution >= 4 is 27.9 Å². The highest BCUT2D eigenvalue weighted by Gasteiger charge is 2.12. The molecule has 1 fully saturated rings. The van der Waals surface area contributed by atoms with Gasteiger partial charge in [-0.2, -0.15) is 0 Å². The van der Waals surface area contributed by atoms with Crippen LogP contribution in [0.1, 0.15) is 67.7 Å². The third-order valence-electron chi connectivity index (χ3n) is 8.13. The molecule has 0 unspecified atom stereocenters. The molecule has 0 saturated carbocycles. The number of rotatable bonds is 13. The van der Waals surface area contributed by atoms with Gasteiger partial charge in [0.1, 0.15) is 0 Å². The van der Waals surface area contributed by atoms with E-state index in [4.69, 9.17) is 9.47 Å². The summed E-state index contributed by atoms with van der Waals surface area (Å²) in [5.41, 5.74) is 6.73. The number of hydrogen-bond acceptors (Lipinski definition) is 13. The van der Waals surface area contributed by atoms with Gasteiger partial charge in [0.15, 0.2) is 0 Å². The summed E-state index contributed by atoms with van der Waals surface area (Å²) in [4.78, 5) is 50.4. The minimum absolute atomic E-state index is 0.358. The second-order valence-electron chi connectivity index (χ2n) is 12.5. The summed E-state index contributed by atoms with van der Waals surface area (Å²) >= 11 is 3.26. The maximum atomic E-state index is 11.5. The summed E-state index contributed by atoms with van der Waals surface area (Å²) in [7, 11) is 2.71. The fourth-order valence-corrected chi connectivity index (χ4v) is 5.50. The summed E-state index contributed by atoms with van der Waals surface area (Å²) in [6.07, 6.45) is 12.8. The topological polar surface area (TPSA) is 154 Å². The first-order chi connectivity index (χ1) is 28.5. The van der Waals surface area contributed by atoms with Crippen LogP contribution in [0, 0.1) is 0 Å². The van der Waals surface area contributed by atoms with Crippen molar-refractivity contribution in [3.63, 3.8) is 0 Å². The second-order valence-corrected chi connectivity index (χ2v) is 13.1. The Balaban J connectivity index is 0.000000195. The number of ether oxygens (including phenoxy) is 3. The van der Waals surface area contributed by atoms with Gasteiger partial charge < -0.3 is 19.5 Å². The number of carbonyl (C=O) groups is 2. The zero-order chi connectivity index (χ0) is 41.0. The fourth-order valence-electron chi connectivity index (χ4n) is 5.17. The van der Waals surface area contributed by atoms with Crippen molar-refractivity contribution in [3.8, 4) is 0 Å². The number of methoxy groups -OCH3 is 2. The highest BCUT2D eigenvalue weighted by molar-refractivity contribution is 9.08. The molecule has 0 spiro atoms. The SMILES string of the molecule is C1CCOC1.COC(=O)c1ccc(CBr)nc1.COC(=O)c1ccc(CN(Cc2ccccn2)Cc2ccccn2)nc1.c1ccc(CNCc2ccccn2)nc1.